The van der Waals surface area contributed by atoms with Crippen LogP contribution in [0, 0.1) is 0 Å². The van der Waals surface area contributed by atoms with Crippen molar-refractivity contribution in [2.75, 3.05) is 19.8 Å². The fourth-order valence-electron chi connectivity index (χ4n) is 3.37. The van der Waals surface area contributed by atoms with Crippen LogP contribution in [0.1, 0.15) is 34.8 Å². The maximum atomic E-state index is 13.1. The Morgan fingerprint density at radius 2 is 2.17 bits per heavy atom. The van der Waals surface area contributed by atoms with Gasteiger partial charge < -0.3 is 14.4 Å². The number of fused-ring (bicyclic) bond motifs is 1. The Morgan fingerprint density at radius 3 is 3.00 bits per heavy atom. The van der Waals surface area contributed by atoms with E-state index in [4.69, 9.17) is 9.47 Å². The van der Waals surface area contributed by atoms with Crippen LogP contribution in [0.25, 0.3) is 0 Å². The van der Waals surface area contributed by atoms with E-state index in [0.717, 1.165) is 24.9 Å². The van der Waals surface area contributed by atoms with Crippen LogP contribution >= 0.6 is 0 Å². The lowest BCUT2D eigenvalue weighted by Crippen LogP contribution is -2.31. The van der Waals surface area contributed by atoms with E-state index in [9.17, 15) is 4.79 Å². The van der Waals surface area contributed by atoms with Crippen molar-refractivity contribution in [3.05, 3.63) is 41.7 Å². The Kier molecular flexibility index (Phi) is 3.44. The van der Waals surface area contributed by atoms with Gasteiger partial charge in [0.1, 0.15) is 13.2 Å². The standard InChI is InChI=1S/C17H19N3O3/c1-19-11-12(10-18-19)14-5-3-7-20(14)17(21)13-4-2-6-15-16(13)23-9-8-22-15/h2,4,6,10-11,14H,3,5,7-9H2,1H3. The van der Waals surface area contributed by atoms with E-state index in [1.165, 1.54) is 0 Å². The van der Waals surface area contributed by atoms with Crippen LogP contribution in [0.15, 0.2) is 30.6 Å². The molecule has 2 aliphatic rings. The molecule has 120 valence electrons. The Bertz CT molecular complexity index is 740. The van der Waals surface area contributed by atoms with Crippen LogP contribution in [-0.2, 0) is 7.05 Å². The highest BCUT2D eigenvalue weighted by atomic mass is 16.6. The summed E-state index contributed by atoms with van der Waals surface area (Å²) >= 11 is 0. The summed E-state index contributed by atoms with van der Waals surface area (Å²) < 4.78 is 13.0. The van der Waals surface area contributed by atoms with E-state index >= 15 is 0 Å². The lowest BCUT2D eigenvalue weighted by atomic mass is 10.1. The fourth-order valence-corrected chi connectivity index (χ4v) is 3.37. The molecular weight excluding hydrogens is 294 g/mol. The predicted octanol–water partition coefficient (Wildman–Crippen LogP) is 2.17. The number of aromatic nitrogens is 2. The molecule has 4 rings (SSSR count). The van der Waals surface area contributed by atoms with Crippen LogP contribution in [0.5, 0.6) is 11.5 Å². The van der Waals surface area contributed by atoms with Gasteiger partial charge in [-0.2, -0.15) is 5.10 Å². The smallest absolute Gasteiger partial charge is 0.258 e. The first-order valence-electron chi connectivity index (χ1n) is 7.92. The molecule has 0 spiro atoms. The number of nitrogens with zero attached hydrogens (tertiary/aromatic N) is 3. The Hall–Kier alpha value is -2.50. The molecule has 0 radical (unpaired) electrons. The molecule has 6 heteroatoms. The van der Waals surface area contributed by atoms with Gasteiger partial charge in [0.2, 0.25) is 0 Å². The predicted molar refractivity (Wildman–Crippen MR) is 83.7 cm³/mol. The fraction of sp³-hybridized carbons (Fsp3) is 0.412. The molecule has 3 heterocycles. The van der Waals surface area contributed by atoms with Crippen LogP contribution in [0.3, 0.4) is 0 Å². The van der Waals surface area contributed by atoms with E-state index < -0.39 is 0 Å². The third kappa shape index (κ3) is 2.44. The van der Waals surface area contributed by atoms with Crippen molar-refractivity contribution in [2.45, 2.75) is 18.9 Å². The number of aryl methyl sites for hydroxylation is 1. The number of ether oxygens (including phenoxy) is 2. The zero-order chi connectivity index (χ0) is 15.8. The average Bonchev–Trinajstić information content (AvgIpc) is 3.22. The number of benzene rings is 1. The molecule has 6 nitrogen and oxygen atoms in total. The first-order chi connectivity index (χ1) is 11.2. The minimum atomic E-state index is -0.00120. The number of para-hydroxylation sites is 1. The average molecular weight is 313 g/mol. The number of carbonyl (C=O) groups excluding carboxylic acids is 1. The second-order valence-corrected chi connectivity index (χ2v) is 5.93. The summed E-state index contributed by atoms with van der Waals surface area (Å²) in [5, 5.41) is 4.23. The summed E-state index contributed by atoms with van der Waals surface area (Å²) in [6.07, 6.45) is 5.79. The molecule has 23 heavy (non-hydrogen) atoms. The topological polar surface area (TPSA) is 56.6 Å². The molecule has 1 amide bonds. The SMILES string of the molecule is Cn1cc(C2CCCN2C(=O)c2cccc3c2OCCO3)cn1. The first kappa shape index (κ1) is 14.1. The highest BCUT2D eigenvalue weighted by Crippen LogP contribution is 2.38. The van der Waals surface area contributed by atoms with Gasteiger partial charge in [-0.05, 0) is 25.0 Å². The molecule has 1 aromatic carbocycles. The molecule has 0 bridgehead atoms. The van der Waals surface area contributed by atoms with Crippen molar-refractivity contribution in [3.8, 4) is 11.5 Å². The largest absolute Gasteiger partial charge is 0.486 e. The van der Waals surface area contributed by atoms with Gasteiger partial charge in [-0.15, -0.1) is 0 Å². The molecule has 2 aliphatic heterocycles. The van der Waals surface area contributed by atoms with Gasteiger partial charge in [0.15, 0.2) is 11.5 Å². The van der Waals surface area contributed by atoms with Gasteiger partial charge >= 0.3 is 0 Å². The minimum absolute atomic E-state index is 0.00120. The highest BCUT2D eigenvalue weighted by Gasteiger charge is 2.33. The molecular formula is C17H19N3O3. The van der Waals surface area contributed by atoms with Gasteiger partial charge in [0.25, 0.3) is 5.91 Å². The third-order valence-corrected chi connectivity index (χ3v) is 4.42. The number of likely N-dealkylation sites (tertiary alicyclic amines) is 1. The molecule has 0 saturated carbocycles. The molecule has 1 unspecified atom stereocenters. The Morgan fingerprint density at radius 1 is 1.30 bits per heavy atom. The van der Waals surface area contributed by atoms with Crippen molar-refractivity contribution < 1.29 is 14.3 Å². The molecule has 2 aromatic rings. The summed E-state index contributed by atoms with van der Waals surface area (Å²) in [6.45, 7) is 1.75. The summed E-state index contributed by atoms with van der Waals surface area (Å²) in [7, 11) is 1.89. The monoisotopic (exact) mass is 313 g/mol. The summed E-state index contributed by atoms with van der Waals surface area (Å²) in [5.74, 6) is 1.22. The molecule has 1 aromatic heterocycles. The van der Waals surface area contributed by atoms with Crippen LogP contribution in [-0.4, -0.2) is 40.3 Å². The zero-order valence-electron chi connectivity index (χ0n) is 13.1. The normalized spacial score (nSPS) is 19.9. The summed E-state index contributed by atoms with van der Waals surface area (Å²) in [5.41, 5.74) is 1.67. The number of hydrogen-bond donors (Lipinski definition) is 0. The Balaban J connectivity index is 1.66. The first-order valence-corrected chi connectivity index (χ1v) is 7.92. The quantitative estimate of drug-likeness (QED) is 0.852. The second-order valence-electron chi connectivity index (χ2n) is 5.93. The van der Waals surface area contributed by atoms with E-state index in [1.807, 2.05) is 42.5 Å². The van der Waals surface area contributed by atoms with Gasteiger partial charge in [-0.1, -0.05) is 6.07 Å². The lowest BCUT2D eigenvalue weighted by Gasteiger charge is -2.26. The summed E-state index contributed by atoms with van der Waals surface area (Å²) in [4.78, 5) is 15.0. The highest BCUT2D eigenvalue weighted by molar-refractivity contribution is 5.98. The molecule has 0 N–H and O–H groups in total. The van der Waals surface area contributed by atoms with E-state index in [0.29, 0.717) is 30.3 Å². The lowest BCUT2D eigenvalue weighted by molar-refractivity contribution is 0.0725. The van der Waals surface area contributed by atoms with Crippen molar-refractivity contribution in [1.82, 2.24) is 14.7 Å². The van der Waals surface area contributed by atoms with Gasteiger partial charge in [0.05, 0.1) is 17.8 Å². The number of amides is 1. The maximum Gasteiger partial charge on any atom is 0.258 e. The molecule has 1 saturated heterocycles. The van der Waals surface area contributed by atoms with Crippen LogP contribution in [0.2, 0.25) is 0 Å². The second kappa shape index (κ2) is 5.61. The van der Waals surface area contributed by atoms with E-state index in [2.05, 4.69) is 5.10 Å². The van der Waals surface area contributed by atoms with E-state index in [1.54, 1.807) is 4.68 Å². The zero-order valence-corrected chi connectivity index (χ0v) is 13.1. The van der Waals surface area contributed by atoms with Gasteiger partial charge in [-0.25, -0.2) is 0 Å². The van der Waals surface area contributed by atoms with E-state index in [-0.39, 0.29) is 11.9 Å². The molecule has 1 fully saturated rings. The number of rotatable bonds is 2. The number of hydrogen-bond acceptors (Lipinski definition) is 4. The van der Waals surface area contributed by atoms with Crippen LogP contribution < -0.4 is 9.47 Å². The van der Waals surface area contributed by atoms with Crippen LogP contribution in [0.4, 0.5) is 0 Å². The van der Waals surface area contributed by atoms with Gasteiger partial charge in [-0.3, -0.25) is 9.48 Å². The van der Waals surface area contributed by atoms with Crippen molar-refractivity contribution in [1.29, 1.82) is 0 Å². The van der Waals surface area contributed by atoms with Crippen molar-refractivity contribution >= 4 is 5.91 Å². The number of carbonyl (C=O) groups is 1. The molecule has 1 atom stereocenters. The molecule has 0 aliphatic carbocycles. The minimum Gasteiger partial charge on any atom is -0.486 e. The summed E-state index contributed by atoms with van der Waals surface area (Å²) in [6, 6.07) is 5.58. The maximum absolute atomic E-state index is 13.1. The van der Waals surface area contributed by atoms with Crippen molar-refractivity contribution in [3.63, 3.8) is 0 Å². The third-order valence-electron chi connectivity index (χ3n) is 4.42. The Labute approximate surface area is 134 Å². The van der Waals surface area contributed by atoms with Crippen molar-refractivity contribution in [2.24, 2.45) is 7.05 Å². The van der Waals surface area contributed by atoms with Gasteiger partial charge in [0, 0.05) is 25.4 Å².